The number of nitrogens with zero attached hydrogens (tertiary/aromatic N) is 3. The number of benzene rings is 3. The number of fused-ring (bicyclic) bond motifs is 1. The molecule has 5 atom stereocenters. The van der Waals surface area contributed by atoms with E-state index in [1.807, 2.05) is 68.4 Å². The minimum atomic E-state index is -1.89. The van der Waals surface area contributed by atoms with Gasteiger partial charge in [-0.3, -0.25) is 4.79 Å². The standard InChI is InChI=1S/C35H36N4O10/c1-16-12-18(15-35(3,4)34(45)49-33-27(42)25(40)26(41)28(47-33)32(43)44)13-17(2)24(16)29-36-22-11-8-20(14-23(22)37-29)31-39-38-30(48-31)19-6-9-21(46-5)10-7-19/h6-14,25-28,33,40-42H,15H2,1-5H3,(H,36,37)(H,43,44)/t25-,26-,27+,28-,33-/m0/s1. The van der Waals surface area contributed by atoms with Crippen molar-refractivity contribution in [2.24, 2.45) is 5.41 Å². The third-order valence-electron chi connectivity index (χ3n) is 8.55. The highest BCUT2D eigenvalue weighted by molar-refractivity contribution is 5.84. The van der Waals surface area contributed by atoms with Gasteiger partial charge < -0.3 is 44.0 Å². The van der Waals surface area contributed by atoms with E-state index in [4.69, 9.17) is 23.6 Å². The van der Waals surface area contributed by atoms with Crippen molar-refractivity contribution < 1.29 is 48.6 Å². The molecular formula is C35H36N4O10. The van der Waals surface area contributed by atoms with Crippen LogP contribution in [0.5, 0.6) is 5.75 Å². The molecular weight excluding hydrogens is 636 g/mol. The topological polar surface area (TPSA) is 210 Å². The zero-order chi connectivity index (χ0) is 35.2. The highest BCUT2D eigenvalue weighted by atomic mass is 16.7. The van der Waals surface area contributed by atoms with Gasteiger partial charge in [0.05, 0.1) is 23.6 Å². The molecule has 1 fully saturated rings. The second-order valence-corrected chi connectivity index (χ2v) is 12.8. The lowest BCUT2D eigenvalue weighted by Gasteiger charge is -2.39. The minimum absolute atomic E-state index is 0.232. The van der Waals surface area contributed by atoms with Gasteiger partial charge in [0.15, 0.2) is 6.10 Å². The number of imidazole rings is 1. The number of aryl methyl sites for hydroxylation is 2. The van der Waals surface area contributed by atoms with Crippen LogP contribution < -0.4 is 4.74 Å². The number of rotatable bonds is 9. The predicted octanol–water partition coefficient (Wildman–Crippen LogP) is 3.58. The Morgan fingerprint density at radius 1 is 0.898 bits per heavy atom. The SMILES string of the molecule is COc1ccc(-c2nnc(-c3ccc4nc(-c5c(C)cc(CC(C)(C)C(=O)O[C@@H]6O[C@H](C(=O)O)[C@@H](O)[C@H](O)[C@H]6O)cc5C)[nH]c4c3)o2)cc1. The van der Waals surface area contributed by atoms with Crippen LogP contribution in [0, 0.1) is 19.3 Å². The Morgan fingerprint density at radius 2 is 1.53 bits per heavy atom. The van der Waals surface area contributed by atoms with Crippen molar-refractivity contribution in [1.29, 1.82) is 0 Å². The number of aliphatic hydroxyl groups is 3. The number of carbonyl (C=O) groups is 2. The number of carboxylic acid groups (broad SMARTS) is 1. The molecule has 5 aromatic rings. The third kappa shape index (κ3) is 6.63. The number of aliphatic carboxylic acids is 1. The largest absolute Gasteiger partial charge is 0.497 e. The van der Waals surface area contributed by atoms with Crippen LogP contribution in [0.15, 0.2) is 59.0 Å². The molecule has 49 heavy (non-hydrogen) atoms. The number of methoxy groups -OCH3 is 1. The van der Waals surface area contributed by atoms with Gasteiger partial charge in [-0.2, -0.15) is 0 Å². The van der Waals surface area contributed by atoms with Crippen LogP contribution in [0.3, 0.4) is 0 Å². The maximum atomic E-state index is 13.2. The Kier molecular flexibility index (Phi) is 8.98. The van der Waals surface area contributed by atoms with E-state index in [9.17, 15) is 30.0 Å². The molecule has 0 unspecified atom stereocenters. The number of ether oxygens (including phenoxy) is 3. The number of hydrogen-bond donors (Lipinski definition) is 5. The van der Waals surface area contributed by atoms with E-state index in [-0.39, 0.29) is 6.42 Å². The summed E-state index contributed by atoms with van der Waals surface area (Å²) >= 11 is 0. The zero-order valence-corrected chi connectivity index (χ0v) is 27.4. The van der Waals surface area contributed by atoms with E-state index in [0.29, 0.717) is 17.6 Å². The van der Waals surface area contributed by atoms with Crippen molar-refractivity contribution in [2.45, 2.75) is 64.8 Å². The minimum Gasteiger partial charge on any atom is -0.497 e. The molecule has 0 spiro atoms. The highest BCUT2D eigenvalue weighted by Gasteiger charge is 2.49. The van der Waals surface area contributed by atoms with Crippen LogP contribution in [0.25, 0.3) is 45.3 Å². The first-order valence-electron chi connectivity index (χ1n) is 15.5. The van der Waals surface area contributed by atoms with Crippen LogP contribution in [0.2, 0.25) is 0 Å². The van der Waals surface area contributed by atoms with Crippen LogP contribution in [0.4, 0.5) is 0 Å². The number of H-pyrrole nitrogens is 1. The Balaban J connectivity index is 1.18. The average Bonchev–Trinajstić information content (AvgIpc) is 3.72. The molecule has 0 amide bonds. The summed E-state index contributed by atoms with van der Waals surface area (Å²) < 4.78 is 21.6. The predicted molar refractivity (Wildman–Crippen MR) is 174 cm³/mol. The molecule has 0 aliphatic carbocycles. The van der Waals surface area contributed by atoms with Crippen LogP contribution in [-0.2, 0) is 25.5 Å². The van der Waals surface area contributed by atoms with Gasteiger partial charge in [-0.1, -0.05) is 12.1 Å². The lowest BCUT2D eigenvalue weighted by atomic mass is 9.84. The number of aromatic amines is 1. The fraction of sp³-hybridized carbons (Fsp3) is 0.343. The highest BCUT2D eigenvalue weighted by Crippen LogP contribution is 2.34. The summed E-state index contributed by atoms with van der Waals surface area (Å²) in [6, 6.07) is 16.9. The van der Waals surface area contributed by atoms with Gasteiger partial charge in [0.2, 0.25) is 18.1 Å². The molecule has 6 rings (SSSR count). The second-order valence-electron chi connectivity index (χ2n) is 12.8. The maximum absolute atomic E-state index is 13.2. The monoisotopic (exact) mass is 672 g/mol. The van der Waals surface area contributed by atoms with E-state index >= 15 is 0 Å². The number of carboxylic acids is 1. The summed E-state index contributed by atoms with van der Waals surface area (Å²) in [6.07, 6.45) is -9.03. The van der Waals surface area contributed by atoms with Gasteiger partial charge in [-0.05, 0) is 93.3 Å². The normalized spacial score (nSPS) is 21.1. The fourth-order valence-corrected chi connectivity index (χ4v) is 5.98. The number of nitrogens with one attached hydrogen (secondary N) is 1. The maximum Gasteiger partial charge on any atom is 0.335 e. The lowest BCUT2D eigenvalue weighted by Crippen LogP contribution is -2.61. The lowest BCUT2D eigenvalue weighted by molar-refractivity contribution is -0.288. The molecule has 3 aromatic carbocycles. The van der Waals surface area contributed by atoms with Crippen LogP contribution >= 0.6 is 0 Å². The first-order valence-corrected chi connectivity index (χ1v) is 15.5. The number of aromatic nitrogens is 4. The van der Waals surface area contributed by atoms with Crippen LogP contribution in [0.1, 0.15) is 30.5 Å². The molecule has 0 radical (unpaired) electrons. The molecule has 1 aliphatic heterocycles. The molecule has 3 heterocycles. The summed E-state index contributed by atoms with van der Waals surface area (Å²) in [7, 11) is 1.60. The second kappa shape index (κ2) is 13.0. The Hall–Kier alpha value is -5.15. The van der Waals surface area contributed by atoms with Gasteiger partial charge in [0.1, 0.15) is 29.9 Å². The number of esters is 1. The molecule has 14 heteroatoms. The summed E-state index contributed by atoms with van der Waals surface area (Å²) in [4.78, 5) is 32.8. The van der Waals surface area contributed by atoms with E-state index in [1.165, 1.54) is 0 Å². The smallest absolute Gasteiger partial charge is 0.335 e. The molecule has 0 bridgehead atoms. The fourth-order valence-electron chi connectivity index (χ4n) is 5.98. The quantitative estimate of drug-likeness (QED) is 0.142. The van der Waals surface area contributed by atoms with Crippen molar-refractivity contribution >= 4 is 23.0 Å². The van der Waals surface area contributed by atoms with Crippen molar-refractivity contribution in [3.63, 3.8) is 0 Å². The molecule has 5 N–H and O–H groups in total. The molecule has 2 aromatic heterocycles. The van der Waals surface area contributed by atoms with Crippen LogP contribution in [-0.4, -0.2) is 90.3 Å². The van der Waals surface area contributed by atoms with Crippen molar-refractivity contribution in [3.8, 4) is 40.0 Å². The van der Waals surface area contributed by atoms with Crippen molar-refractivity contribution in [1.82, 2.24) is 20.2 Å². The zero-order valence-electron chi connectivity index (χ0n) is 27.4. The molecule has 0 saturated carbocycles. The Bertz CT molecular complexity index is 2000. The first kappa shape index (κ1) is 33.7. The summed E-state index contributed by atoms with van der Waals surface area (Å²) in [5, 5.41) is 48.0. The summed E-state index contributed by atoms with van der Waals surface area (Å²) in [5.41, 5.74) is 5.42. The van der Waals surface area contributed by atoms with Gasteiger partial charge in [-0.15, -0.1) is 10.2 Å². The van der Waals surface area contributed by atoms with Crippen molar-refractivity contribution in [3.05, 3.63) is 71.3 Å². The van der Waals surface area contributed by atoms with Gasteiger partial charge >= 0.3 is 11.9 Å². The van der Waals surface area contributed by atoms with Gasteiger partial charge in [0.25, 0.3) is 0 Å². The average molecular weight is 673 g/mol. The van der Waals surface area contributed by atoms with Gasteiger partial charge in [0, 0.05) is 16.7 Å². The molecule has 1 saturated heterocycles. The molecule has 1 aliphatic rings. The Labute approximate surface area is 280 Å². The number of carbonyl (C=O) groups excluding carboxylic acids is 1. The number of aliphatic hydroxyl groups excluding tert-OH is 3. The van der Waals surface area contributed by atoms with E-state index in [1.54, 1.807) is 21.0 Å². The van der Waals surface area contributed by atoms with Crippen molar-refractivity contribution in [2.75, 3.05) is 7.11 Å². The van der Waals surface area contributed by atoms with E-state index in [2.05, 4.69) is 15.2 Å². The summed E-state index contributed by atoms with van der Waals surface area (Å²) in [5.74, 6) is -0.217. The summed E-state index contributed by atoms with van der Waals surface area (Å²) in [6.45, 7) is 7.17. The van der Waals surface area contributed by atoms with Gasteiger partial charge in [-0.25, -0.2) is 9.78 Å². The molecule has 14 nitrogen and oxygen atoms in total. The first-order chi connectivity index (χ1) is 23.2. The Morgan fingerprint density at radius 3 is 2.16 bits per heavy atom. The van der Waals surface area contributed by atoms with E-state index in [0.717, 1.165) is 50.2 Å². The molecule has 256 valence electrons. The third-order valence-corrected chi connectivity index (χ3v) is 8.55. The number of hydrogen-bond acceptors (Lipinski definition) is 12. The van der Waals surface area contributed by atoms with E-state index < -0.39 is 48.1 Å².